The van der Waals surface area contributed by atoms with Crippen LogP contribution in [0.3, 0.4) is 0 Å². The summed E-state index contributed by atoms with van der Waals surface area (Å²) in [5.41, 5.74) is 1.22. The first-order valence-electron chi connectivity index (χ1n) is 6.44. The topological polar surface area (TPSA) is 38.1 Å². The SMILES string of the molecule is CC(CCc1ccco1)N[C@@H](C)c1cccnc1. The number of rotatable bonds is 6. The summed E-state index contributed by atoms with van der Waals surface area (Å²) in [6.45, 7) is 4.37. The van der Waals surface area contributed by atoms with Crippen LogP contribution in [-0.2, 0) is 6.42 Å². The molecule has 3 heteroatoms. The number of nitrogens with zero attached hydrogens (tertiary/aromatic N) is 1. The van der Waals surface area contributed by atoms with Gasteiger partial charge in [0.15, 0.2) is 0 Å². The molecule has 0 spiro atoms. The van der Waals surface area contributed by atoms with Crippen LogP contribution in [0.15, 0.2) is 47.3 Å². The number of hydrogen-bond acceptors (Lipinski definition) is 3. The molecule has 0 bridgehead atoms. The molecule has 0 aliphatic rings. The molecular formula is C15H20N2O. The van der Waals surface area contributed by atoms with E-state index in [0.717, 1.165) is 18.6 Å². The summed E-state index contributed by atoms with van der Waals surface area (Å²) in [4.78, 5) is 4.14. The van der Waals surface area contributed by atoms with Crippen LogP contribution >= 0.6 is 0 Å². The van der Waals surface area contributed by atoms with Crippen LogP contribution in [0.4, 0.5) is 0 Å². The third-order valence-electron chi connectivity index (χ3n) is 3.12. The number of nitrogens with one attached hydrogen (secondary N) is 1. The van der Waals surface area contributed by atoms with Gasteiger partial charge in [-0.15, -0.1) is 0 Å². The van der Waals surface area contributed by atoms with E-state index < -0.39 is 0 Å². The second-order valence-corrected chi connectivity index (χ2v) is 4.69. The zero-order valence-corrected chi connectivity index (χ0v) is 11.0. The van der Waals surface area contributed by atoms with Crippen LogP contribution in [0.1, 0.15) is 37.6 Å². The molecule has 1 N–H and O–H groups in total. The molecule has 18 heavy (non-hydrogen) atoms. The van der Waals surface area contributed by atoms with Crippen molar-refractivity contribution < 1.29 is 4.42 Å². The lowest BCUT2D eigenvalue weighted by molar-refractivity contribution is 0.430. The fourth-order valence-corrected chi connectivity index (χ4v) is 2.05. The molecule has 0 aliphatic heterocycles. The maximum Gasteiger partial charge on any atom is 0.103 e. The quantitative estimate of drug-likeness (QED) is 0.846. The Morgan fingerprint density at radius 1 is 1.28 bits per heavy atom. The molecular weight excluding hydrogens is 224 g/mol. The number of furan rings is 1. The minimum absolute atomic E-state index is 0.324. The Morgan fingerprint density at radius 3 is 2.83 bits per heavy atom. The smallest absolute Gasteiger partial charge is 0.103 e. The van der Waals surface area contributed by atoms with Crippen molar-refractivity contribution in [3.63, 3.8) is 0 Å². The Hall–Kier alpha value is -1.61. The predicted molar refractivity (Wildman–Crippen MR) is 72.3 cm³/mol. The first-order valence-corrected chi connectivity index (χ1v) is 6.44. The lowest BCUT2D eigenvalue weighted by Gasteiger charge is -2.19. The van der Waals surface area contributed by atoms with E-state index in [2.05, 4.69) is 30.2 Å². The second kappa shape index (κ2) is 6.36. The molecule has 0 saturated carbocycles. The van der Waals surface area contributed by atoms with Crippen molar-refractivity contribution in [3.8, 4) is 0 Å². The van der Waals surface area contributed by atoms with E-state index in [4.69, 9.17) is 4.42 Å². The molecule has 2 atom stereocenters. The highest BCUT2D eigenvalue weighted by Crippen LogP contribution is 2.13. The lowest BCUT2D eigenvalue weighted by atomic mass is 10.1. The molecule has 2 rings (SSSR count). The molecule has 0 saturated heterocycles. The monoisotopic (exact) mass is 244 g/mol. The van der Waals surface area contributed by atoms with E-state index in [1.54, 1.807) is 12.5 Å². The van der Waals surface area contributed by atoms with Crippen LogP contribution in [0.2, 0.25) is 0 Å². The second-order valence-electron chi connectivity index (χ2n) is 4.69. The van der Waals surface area contributed by atoms with E-state index in [1.807, 2.05) is 24.4 Å². The molecule has 0 amide bonds. The minimum Gasteiger partial charge on any atom is -0.469 e. The highest BCUT2D eigenvalue weighted by atomic mass is 16.3. The van der Waals surface area contributed by atoms with Gasteiger partial charge >= 0.3 is 0 Å². The maximum absolute atomic E-state index is 5.34. The standard InChI is InChI=1S/C15H20N2O/c1-12(7-8-15-6-4-10-18-15)17-13(2)14-5-3-9-16-11-14/h3-6,9-13,17H,7-8H2,1-2H3/t12?,13-/m0/s1. The number of aromatic nitrogens is 1. The Bertz CT molecular complexity index is 439. The van der Waals surface area contributed by atoms with Gasteiger partial charge in [0.05, 0.1) is 6.26 Å². The van der Waals surface area contributed by atoms with Gasteiger partial charge in [-0.05, 0) is 44.0 Å². The molecule has 2 heterocycles. The Balaban J connectivity index is 1.78. The first kappa shape index (κ1) is 12.8. The molecule has 0 aromatic carbocycles. The number of hydrogen-bond donors (Lipinski definition) is 1. The molecule has 0 radical (unpaired) electrons. The summed E-state index contributed by atoms with van der Waals surface area (Å²) in [5.74, 6) is 1.05. The van der Waals surface area contributed by atoms with Crippen molar-refractivity contribution in [2.24, 2.45) is 0 Å². The van der Waals surface area contributed by atoms with Gasteiger partial charge in [0.25, 0.3) is 0 Å². The van der Waals surface area contributed by atoms with Gasteiger partial charge in [0.1, 0.15) is 5.76 Å². The van der Waals surface area contributed by atoms with Crippen LogP contribution in [-0.4, -0.2) is 11.0 Å². The molecule has 0 fully saturated rings. The van der Waals surface area contributed by atoms with E-state index in [-0.39, 0.29) is 0 Å². The zero-order chi connectivity index (χ0) is 12.8. The molecule has 96 valence electrons. The van der Waals surface area contributed by atoms with E-state index >= 15 is 0 Å². The lowest BCUT2D eigenvalue weighted by Crippen LogP contribution is -2.29. The van der Waals surface area contributed by atoms with Crippen LogP contribution in [0.25, 0.3) is 0 Å². The molecule has 1 unspecified atom stereocenters. The van der Waals surface area contributed by atoms with Gasteiger partial charge in [0.2, 0.25) is 0 Å². The van der Waals surface area contributed by atoms with Crippen molar-refractivity contribution >= 4 is 0 Å². The fraction of sp³-hybridized carbons (Fsp3) is 0.400. The maximum atomic E-state index is 5.34. The molecule has 3 nitrogen and oxygen atoms in total. The highest BCUT2D eigenvalue weighted by molar-refractivity contribution is 5.12. The highest BCUT2D eigenvalue weighted by Gasteiger charge is 2.09. The third-order valence-corrected chi connectivity index (χ3v) is 3.12. The van der Waals surface area contributed by atoms with Gasteiger partial charge < -0.3 is 9.73 Å². The minimum atomic E-state index is 0.324. The average molecular weight is 244 g/mol. The summed E-state index contributed by atoms with van der Waals surface area (Å²) < 4.78 is 5.34. The van der Waals surface area contributed by atoms with Crippen molar-refractivity contribution in [3.05, 3.63) is 54.2 Å². The summed E-state index contributed by atoms with van der Waals surface area (Å²) in [7, 11) is 0. The first-order chi connectivity index (χ1) is 8.75. The number of pyridine rings is 1. The summed E-state index contributed by atoms with van der Waals surface area (Å²) in [5, 5.41) is 3.58. The summed E-state index contributed by atoms with van der Waals surface area (Å²) in [6, 6.07) is 8.81. The largest absolute Gasteiger partial charge is 0.469 e. The molecule has 0 aliphatic carbocycles. The van der Waals surface area contributed by atoms with Crippen LogP contribution in [0.5, 0.6) is 0 Å². The summed E-state index contributed by atoms with van der Waals surface area (Å²) >= 11 is 0. The molecule has 2 aromatic heterocycles. The van der Waals surface area contributed by atoms with Gasteiger partial charge in [-0.2, -0.15) is 0 Å². The van der Waals surface area contributed by atoms with Gasteiger partial charge in [-0.1, -0.05) is 6.07 Å². The summed E-state index contributed by atoms with van der Waals surface area (Å²) in [6.07, 6.45) is 7.48. The Labute approximate surface area is 108 Å². The van der Waals surface area contributed by atoms with E-state index in [9.17, 15) is 0 Å². The fourth-order valence-electron chi connectivity index (χ4n) is 2.05. The average Bonchev–Trinajstić information content (AvgIpc) is 2.90. The van der Waals surface area contributed by atoms with E-state index in [0.29, 0.717) is 12.1 Å². The third kappa shape index (κ3) is 3.70. The van der Waals surface area contributed by atoms with Crippen molar-refractivity contribution in [1.82, 2.24) is 10.3 Å². The van der Waals surface area contributed by atoms with Gasteiger partial charge in [-0.25, -0.2) is 0 Å². The predicted octanol–water partition coefficient (Wildman–Crippen LogP) is 3.35. The van der Waals surface area contributed by atoms with Gasteiger partial charge in [-0.3, -0.25) is 4.98 Å². The Morgan fingerprint density at radius 2 is 2.17 bits per heavy atom. The zero-order valence-electron chi connectivity index (χ0n) is 11.0. The van der Waals surface area contributed by atoms with E-state index in [1.165, 1.54) is 5.56 Å². The van der Waals surface area contributed by atoms with Gasteiger partial charge in [0, 0.05) is 30.9 Å². The van der Waals surface area contributed by atoms with Crippen molar-refractivity contribution in [2.75, 3.05) is 0 Å². The normalized spacial score (nSPS) is 14.3. The van der Waals surface area contributed by atoms with Crippen molar-refractivity contribution in [2.45, 2.75) is 38.8 Å². The Kier molecular flexibility index (Phi) is 4.53. The van der Waals surface area contributed by atoms with Crippen LogP contribution < -0.4 is 5.32 Å². The van der Waals surface area contributed by atoms with Crippen LogP contribution in [0, 0.1) is 0 Å². The van der Waals surface area contributed by atoms with Crippen molar-refractivity contribution in [1.29, 1.82) is 0 Å². The molecule has 2 aromatic rings. The number of aryl methyl sites for hydroxylation is 1.